The smallest absolute Gasteiger partial charge is 0.257 e. The molecule has 2 atom stereocenters. The maximum atomic E-state index is 13.0. The number of aromatic nitrogens is 1. The first-order valence-corrected chi connectivity index (χ1v) is 15.2. The minimum atomic E-state index is -0.674. The molecule has 218 valence electrons. The number of nitrogens with zero attached hydrogens (tertiary/aromatic N) is 3. The monoisotopic (exact) mass is 597 g/mol. The van der Waals surface area contributed by atoms with Gasteiger partial charge in [-0.3, -0.25) is 19.7 Å². The Morgan fingerprint density at radius 1 is 1.02 bits per heavy atom. The number of piperazine rings is 1. The molecule has 1 saturated heterocycles. The van der Waals surface area contributed by atoms with Gasteiger partial charge >= 0.3 is 0 Å². The number of hydrogen-bond acceptors (Lipinski definition) is 9. The Hall–Kier alpha value is -3.29. The lowest BCUT2D eigenvalue weighted by Crippen LogP contribution is -2.50. The molecule has 2 unspecified atom stereocenters. The van der Waals surface area contributed by atoms with Gasteiger partial charge in [0.1, 0.15) is 0 Å². The standard InChI is InChI=1S/C29H35N5O5S2/c1-19(36)25(17-35)30-15-21-6-8-23(9-7-21)27(38)32-29-31-16-26(41-29)40-18-22-4-3-5-24(14-22)28(39)34-12-10-33(11-13-34)20(2)37/h3-9,14,16,19,25,30,35-36H,10-13,15,17-18H2,1-2H3,(H,31,32,38). The van der Waals surface area contributed by atoms with Crippen molar-refractivity contribution in [2.45, 2.75) is 42.5 Å². The summed E-state index contributed by atoms with van der Waals surface area (Å²) in [5.74, 6) is 0.396. The van der Waals surface area contributed by atoms with E-state index in [2.05, 4.69) is 15.6 Å². The summed E-state index contributed by atoms with van der Waals surface area (Å²) in [7, 11) is 0. The first-order valence-electron chi connectivity index (χ1n) is 13.4. The number of thioether (sulfide) groups is 1. The van der Waals surface area contributed by atoms with Crippen LogP contribution in [0, 0.1) is 0 Å². The highest BCUT2D eigenvalue weighted by Crippen LogP contribution is 2.31. The Bertz CT molecular complexity index is 1340. The summed E-state index contributed by atoms with van der Waals surface area (Å²) in [5, 5.41) is 25.4. The summed E-state index contributed by atoms with van der Waals surface area (Å²) in [6, 6.07) is 14.3. The van der Waals surface area contributed by atoms with Crippen LogP contribution in [0.1, 0.15) is 45.7 Å². The zero-order chi connectivity index (χ0) is 29.4. The maximum Gasteiger partial charge on any atom is 0.257 e. The number of nitrogens with one attached hydrogen (secondary N) is 2. The number of amides is 3. The van der Waals surface area contributed by atoms with Crippen LogP contribution >= 0.6 is 23.1 Å². The number of hydrogen-bond donors (Lipinski definition) is 4. The zero-order valence-electron chi connectivity index (χ0n) is 23.1. The second-order valence-electron chi connectivity index (χ2n) is 9.83. The van der Waals surface area contributed by atoms with Crippen molar-refractivity contribution in [2.75, 3.05) is 38.1 Å². The quantitative estimate of drug-likeness (QED) is 0.248. The SMILES string of the molecule is CC(=O)N1CCN(C(=O)c2cccc(CSc3cnc(NC(=O)c4ccc(CNC(CO)C(C)O)cc4)s3)c2)CC1. The van der Waals surface area contributed by atoms with Crippen LogP contribution in [0.5, 0.6) is 0 Å². The highest BCUT2D eigenvalue weighted by Gasteiger charge is 2.23. The molecule has 3 amide bonds. The Kier molecular flexibility index (Phi) is 10.9. The fourth-order valence-corrected chi connectivity index (χ4v) is 6.13. The highest BCUT2D eigenvalue weighted by atomic mass is 32.2. The third-order valence-electron chi connectivity index (χ3n) is 6.84. The maximum absolute atomic E-state index is 13.0. The summed E-state index contributed by atoms with van der Waals surface area (Å²) in [5.41, 5.74) is 3.07. The summed E-state index contributed by atoms with van der Waals surface area (Å²) in [6.07, 6.45) is 1.05. The number of aliphatic hydroxyl groups excluding tert-OH is 2. The van der Waals surface area contributed by atoms with Crippen LogP contribution < -0.4 is 10.6 Å². The van der Waals surface area contributed by atoms with Crippen molar-refractivity contribution in [3.63, 3.8) is 0 Å². The number of thiazole rings is 1. The molecule has 1 aliphatic rings. The molecule has 4 rings (SSSR count). The molecule has 12 heteroatoms. The van der Waals surface area contributed by atoms with E-state index in [9.17, 15) is 24.6 Å². The van der Waals surface area contributed by atoms with Crippen molar-refractivity contribution < 1.29 is 24.6 Å². The highest BCUT2D eigenvalue weighted by molar-refractivity contribution is 8.00. The molecular weight excluding hydrogens is 562 g/mol. The van der Waals surface area contributed by atoms with Crippen LogP contribution in [0.2, 0.25) is 0 Å². The van der Waals surface area contributed by atoms with Gasteiger partial charge < -0.3 is 25.3 Å². The van der Waals surface area contributed by atoms with Crippen molar-refractivity contribution in [3.05, 3.63) is 77.0 Å². The lowest BCUT2D eigenvalue weighted by atomic mass is 10.1. The minimum absolute atomic E-state index is 0.0266. The van der Waals surface area contributed by atoms with E-state index < -0.39 is 12.1 Å². The molecule has 3 aromatic rings. The number of carbonyl (C=O) groups is 3. The molecule has 0 aliphatic carbocycles. The van der Waals surface area contributed by atoms with E-state index >= 15 is 0 Å². The van der Waals surface area contributed by atoms with Crippen LogP contribution in [-0.4, -0.2) is 87.7 Å². The van der Waals surface area contributed by atoms with E-state index in [1.165, 1.54) is 11.3 Å². The molecule has 41 heavy (non-hydrogen) atoms. The van der Waals surface area contributed by atoms with Gasteiger partial charge in [0.15, 0.2) is 5.13 Å². The predicted octanol–water partition coefficient (Wildman–Crippen LogP) is 2.82. The van der Waals surface area contributed by atoms with E-state index in [0.717, 1.165) is 15.3 Å². The summed E-state index contributed by atoms with van der Waals surface area (Å²) in [4.78, 5) is 45.1. The molecule has 1 aromatic heterocycles. The van der Waals surface area contributed by atoms with Crippen molar-refractivity contribution in [1.82, 2.24) is 20.1 Å². The van der Waals surface area contributed by atoms with Gasteiger partial charge in [-0.1, -0.05) is 35.6 Å². The predicted molar refractivity (Wildman–Crippen MR) is 160 cm³/mol. The van der Waals surface area contributed by atoms with Gasteiger partial charge in [0, 0.05) is 56.5 Å². The molecule has 0 bridgehead atoms. The number of anilines is 1. The van der Waals surface area contributed by atoms with Crippen LogP contribution in [0.25, 0.3) is 0 Å². The number of rotatable bonds is 11. The van der Waals surface area contributed by atoms with Crippen molar-refractivity contribution >= 4 is 46.0 Å². The van der Waals surface area contributed by atoms with Crippen molar-refractivity contribution in [1.29, 1.82) is 0 Å². The summed E-state index contributed by atoms with van der Waals surface area (Å²) >= 11 is 2.97. The Labute approximate surface area is 247 Å². The Balaban J connectivity index is 1.26. The molecule has 1 fully saturated rings. The Morgan fingerprint density at radius 3 is 2.39 bits per heavy atom. The van der Waals surface area contributed by atoms with E-state index in [4.69, 9.17) is 0 Å². The lowest BCUT2D eigenvalue weighted by molar-refractivity contribution is -0.130. The van der Waals surface area contributed by atoms with Crippen LogP contribution in [0.15, 0.2) is 58.9 Å². The third kappa shape index (κ3) is 8.60. The first-order chi connectivity index (χ1) is 19.7. The van der Waals surface area contributed by atoms with Gasteiger partial charge in [-0.15, -0.1) is 11.8 Å². The van der Waals surface area contributed by atoms with Gasteiger partial charge in [0.05, 0.1) is 29.2 Å². The molecule has 0 spiro atoms. The molecule has 2 aromatic carbocycles. The average molecular weight is 598 g/mol. The van der Waals surface area contributed by atoms with E-state index in [1.807, 2.05) is 36.4 Å². The van der Waals surface area contributed by atoms with Gasteiger partial charge in [0.25, 0.3) is 11.8 Å². The van der Waals surface area contributed by atoms with E-state index in [-0.39, 0.29) is 24.3 Å². The number of benzene rings is 2. The average Bonchev–Trinajstić information content (AvgIpc) is 3.43. The summed E-state index contributed by atoms with van der Waals surface area (Å²) in [6.45, 7) is 5.63. The van der Waals surface area contributed by atoms with Crippen molar-refractivity contribution in [2.24, 2.45) is 0 Å². The number of carbonyl (C=O) groups excluding carboxylic acids is 3. The Morgan fingerprint density at radius 2 is 1.73 bits per heavy atom. The lowest BCUT2D eigenvalue weighted by Gasteiger charge is -2.34. The zero-order valence-corrected chi connectivity index (χ0v) is 24.7. The normalized spacial score (nSPS) is 14.9. The van der Waals surface area contributed by atoms with Gasteiger partial charge in [-0.2, -0.15) is 0 Å². The molecule has 0 saturated carbocycles. The van der Waals surface area contributed by atoms with Gasteiger partial charge in [0.2, 0.25) is 5.91 Å². The molecule has 2 heterocycles. The molecule has 10 nitrogen and oxygen atoms in total. The molecule has 0 radical (unpaired) electrons. The second-order valence-corrected chi connectivity index (χ2v) is 12.1. The van der Waals surface area contributed by atoms with Gasteiger partial charge in [-0.25, -0.2) is 4.98 Å². The van der Waals surface area contributed by atoms with Gasteiger partial charge in [-0.05, 0) is 42.3 Å². The van der Waals surface area contributed by atoms with Crippen LogP contribution in [-0.2, 0) is 17.1 Å². The molecular formula is C29H35N5O5S2. The van der Waals surface area contributed by atoms with Crippen LogP contribution in [0.4, 0.5) is 5.13 Å². The third-order valence-corrected chi connectivity index (χ3v) is 9.01. The molecule has 4 N–H and O–H groups in total. The largest absolute Gasteiger partial charge is 0.395 e. The number of aliphatic hydroxyl groups is 2. The fraction of sp³-hybridized carbons (Fsp3) is 0.379. The summed E-state index contributed by atoms with van der Waals surface area (Å²) < 4.78 is 0.940. The van der Waals surface area contributed by atoms with E-state index in [0.29, 0.717) is 54.7 Å². The van der Waals surface area contributed by atoms with Crippen LogP contribution in [0.3, 0.4) is 0 Å². The fourth-order valence-electron chi connectivity index (χ4n) is 4.32. The molecule has 1 aliphatic heterocycles. The first kappa shape index (κ1) is 30.7. The van der Waals surface area contributed by atoms with Crippen molar-refractivity contribution in [3.8, 4) is 0 Å². The minimum Gasteiger partial charge on any atom is -0.395 e. The second kappa shape index (κ2) is 14.6. The van der Waals surface area contributed by atoms with E-state index in [1.54, 1.807) is 53.7 Å². The topological polar surface area (TPSA) is 135 Å².